The van der Waals surface area contributed by atoms with E-state index in [-0.39, 0.29) is 5.91 Å². The largest absolute Gasteiger partial charge is 0.349 e. The highest BCUT2D eigenvalue weighted by Gasteiger charge is 2.01. The van der Waals surface area contributed by atoms with E-state index in [0.29, 0.717) is 19.5 Å². The van der Waals surface area contributed by atoms with Gasteiger partial charge in [-0.25, -0.2) is 0 Å². The van der Waals surface area contributed by atoms with Crippen molar-refractivity contribution in [3.05, 3.63) is 0 Å². The third-order valence-electron chi connectivity index (χ3n) is 1.22. The number of nitrogens with zero attached hydrogens (tertiary/aromatic N) is 2. The van der Waals surface area contributed by atoms with E-state index >= 15 is 0 Å². The predicted molar refractivity (Wildman–Crippen MR) is 41.8 cm³/mol. The second-order valence-electron chi connectivity index (χ2n) is 2.37. The Labute approximate surface area is 66.8 Å². The molecule has 0 radical (unpaired) electrons. The van der Waals surface area contributed by atoms with E-state index in [1.807, 2.05) is 6.07 Å². The second kappa shape index (κ2) is 5.69. The number of carbonyl (C=O) groups is 1. The summed E-state index contributed by atoms with van der Waals surface area (Å²) < 4.78 is 0. The summed E-state index contributed by atoms with van der Waals surface area (Å²) in [7, 11) is 3.43. The van der Waals surface area contributed by atoms with Gasteiger partial charge in [0.25, 0.3) is 0 Å². The minimum Gasteiger partial charge on any atom is -0.349 e. The summed E-state index contributed by atoms with van der Waals surface area (Å²) in [5, 5.41) is 10.9. The van der Waals surface area contributed by atoms with Crippen LogP contribution in [0.1, 0.15) is 6.42 Å². The fraction of sp³-hybridized carbons (Fsp3) is 0.714. The number of hydrogen-bond acceptors (Lipinski definition) is 3. The Morgan fingerprint density at radius 3 is 2.73 bits per heavy atom. The molecule has 0 fully saturated rings. The normalized spacial score (nSPS) is 8.82. The highest BCUT2D eigenvalue weighted by atomic mass is 16.2. The van der Waals surface area contributed by atoms with Gasteiger partial charge in [-0.2, -0.15) is 5.26 Å². The van der Waals surface area contributed by atoms with Crippen molar-refractivity contribution in [1.82, 2.24) is 10.2 Å². The molecule has 0 aromatic rings. The number of carbonyl (C=O) groups excluding carboxylic acids is 1. The first-order valence-electron chi connectivity index (χ1n) is 3.46. The zero-order chi connectivity index (χ0) is 8.69. The molecule has 1 N–H and O–H groups in total. The van der Waals surface area contributed by atoms with Crippen LogP contribution in [0.5, 0.6) is 0 Å². The smallest absolute Gasteiger partial charge is 0.223 e. The molecule has 11 heavy (non-hydrogen) atoms. The van der Waals surface area contributed by atoms with Crippen molar-refractivity contribution >= 4 is 5.91 Å². The summed E-state index contributed by atoms with van der Waals surface area (Å²) in [5.74, 6) is 0.0791. The van der Waals surface area contributed by atoms with E-state index in [9.17, 15) is 4.79 Å². The molecule has 0 atom stereocenters. The molecule has 62 valence electrons. The SMILES string of the molecule is CN(C)C(=O)CCNCC#N. The average Bonchev–Trinajstić information content (AvgIpc) is 1.97. The molecule has 0 aliphatic carbocycles. The lowest BCUT2D eigenvalue weighted by Crippen LogP contribution is -2.26. The van der Waals surface area contributed by atoms with Gasteiger partial charge in [-0.05, 0) is 0 Å². The first-order chi connectivity index (χ1) is 5.18. The molecule has 0 heterocycles. The molecule has 0 spiro atoms. The van der Waals surface area contributed by atoms with E-state index in [1.165, 1.54) is 4.90 Å². The molecule has 0 aliphatic heterocycles. The molecule has 4 nitrogen and oxygen atoms in total. The van der Waals surface area contributed by atoms with Crippen LogP contribution >= 0.6 is 0 Å². The van der Waals surface area contributed by atoms with E-state index < -0.39 is 0 Å². The van der Waals surface area contributed by atoms with Gasteiger partial charge in [-0.3, -0.25) is 4.79 Å². The Bertz CT molecular complexity index is 160. The van der Waals surface area contributed by atoms with Gasteiger partial charge < -0.3 is 10.2 Å². The molecule has 0 aromatic carbocycles. The summed E-state index contributed by atoms with van der Waals surface area (Å²) in [4.78, 5) is 12.4. The third kappa shape index (κ3) is 5.37. The Morgan fingerprint density at radius 1 is 1.64 bits per heavy atom. The molecule has 1 amide bonds. The molecule has 0 aromatic heterocycles. The van der Waals surface area contributed by atoms with Crippen LogP contribution < -0.4 is 5.32 Å². The molecular formula is C7H13N3O. The van der Waals surface area contributed by atoms with Crippen LogP contribution in [0.4, 0.5) is 0 Å². The summed E-state index contributed by atoms with van der Waals surface area (Å²) in [6, 6.07) is 1.93. The van der Waals surface area contributed by atoms with Crippen molar-refractivity contribution in [2.75, 3.05) is 27.2 Å². The van der Waals surface area contributed by atoms with Crippen LogP contribution in [0, 0.1) is 11.3 Å². The quantitative estimate of drug-likeness (QED) is 0.443. The number of amides is 1. The molecule has 0 unspecified atom stereocenters. The van der Waals surface area contributed by atoms with Gasteiger partial charge in [0.2, 0.25) is 5.91 Å². The molecule has 0 saturated carbocycles. The van der Waals surface area contributed by atoms with Crippen LogP contribution in [0.25, 0.3) is 0 Å². The predicted octanol–water partition coefficient (Wildman–Crippen LogP) is -0.422. The fourth-order valence-electron chi connectivity index (χ4n) is 0.563. The van der Waals surface area contributed by atoms with Crippen molar-refractivity contribution in [2.45, 2.75) is 6.42 Å². The Kier molecular flexibility index (Phi) is 5.13. The van der Waals surface area contributed by atoms with E-state index in [4.69, 9.17) is 5.26 Å². The van der Waals surface area contributed by atoms with Crippen molar-refractivity contribution in [1.29, 1.82) is 5.26 Å². The summed E-state index contributed by atoms with van der Waals surface area (Å²) in [6.07, 6.45) is 0.453. The van der Waals surface area contributed by atoms with Crippen LogP contribution in [-0.2, 0) is 4.79 Å². The minimum absolute atomic E-state index is 0.0791. The highest BCUT2D eigenvalue weighted by Crippen LogP contribution is 1.83. The first kappa shape index (κ1) is 9.92. The number of rotatable bonds is 4. The van der Waals surface area contributed by atoms with Crippen molar-refractivity contribution in [3.8, 4) is 6.07 Å². The number of nitrogens with one attached hydrogen (secondary N) is 1. The monoisotopic (exact) mass is 155 g/mol. The lowest BCUT2D eigenvalue weighted by atomic mass is 10.4. The number of nitriles is 1. The maximum atomic E-state index is 10.9. The summed E-state index contributed by atoms with van der Waals surface area (Å²) >= 11 is 0. The zero-order valence-corrected chi connectivity index (χ0v) is 6.92. The van der Waals surface area contributed by atoms with Crippen LogP contribution in [0.15, 0.2) is 0 Å². The topological polar surface area (TPSA) is 56.1 Å². The second-order valence-corrected chi connectivity index (χ2v) is 2.37. The van der Waals surface area contributed by atoms with E-state index in [0.717, 1.165) is 0 Å². The first-order valence-corrected chi connectivity index (χ1v) is 3.46. The van der Waals surface area contributed by atoms with Gasteiger partial charge in [-0.1, -0.05) is 0 Å². The van der Waals surface area contributed by atoms with Crippen LogP contribution in [0.2, 0.25) is 0 Å². The van der Waals surface area contributed by atoms with E-state index in [2.05, 4.69) is 5.32 Å². The molecule has 0 saturated heterocycles. The minimum atomic E-state index is 0.0791. The van der Waals surface area contributed by atoms with Crippen molar-refractivity contribution < 1.29 is 4.79 Å². The number of hydrogen-bond donors (Lipinski definition) is 1. The summed E-state index contributed by atoms with van der Waals surface area (Å²) in [5.41, 5.74) is 0. The van der Waals surface area contributed by atoms with Crippen LogP contribution in [0.3, 0.4) is 0 Å². The van der Waals surface area contributed by atoms with Gasteiger partial charge in [0, 0.05) is 27.1 Å². The lowest BCUT2D eigenvalue weighted by molar-refractivity contribution is -0.128. The maximum Gasteiger partial charge on any atom is 0.223 e. The molecular weight excluding hydrogens is 142 g/mol. The van der Waals surface area contributed by atoms with E-state index in [1.54, 1.807) is 14.1 Å². The van der Waals surface area contributed by atoms with Crippen molar-refractivity contribution in [2.24, 2.45) is 0 Å². The Hall–Kier alpha value is -1.08. The van der Waals surface area contributed by atoms with Gasteiger partial charge in [0.15, 0.2) is 0 Å². The molecule has 4 heteroatoms. The van der Waals surface area contributed by atoms with Gasteiger partial charge in [-0.15, -0.1) is 0 Å². The standard InChI is InChI=1S/C7H13N3O/c1-10(2)7(11)3-5-9-6-4-8/h9H,3,5-6H2,1-2H3. The van der Waals surface area contributed by atoms with Crippen molar-refractivity contribution in [3.63, 3.8) is 0 Å². The molecule has 0 bridgehead atoms. The Morgan fingerprint density at radius 2 is 2.27 bits per heavy atom. The van der Waals surface area contributed by atoms with Gasteiger partial charge in [0.1, 0.15) is 0 Å². The summed E-state index contributed by atoms with van der Waals surface area (Å²) in [6.45, 7) is 0.880. The van der Waals surface area contributed by atoms with Gasteiger partial charge >= 0.3 is 0 Å². The third-order valence-corrected chi connectivity index (χ3v) is 1.22. The van der Waals surface area contributed by atoms with Crippen LogP contribution in [-0.4, -0.2) is 38.0 Å². The Balaban J connectivity index is 3.26. The molecule has 0 rings (SSSR count). The lowest BCUT2D eigenvalue weighted by Gasteiger charge is -2.09. The highest BCUT2D eigenvalue weighted by molar-refractivity contribution is 5.75. The average molecular weight is 155 g/mol. The zero-order valence-electron chi connectivity index (χ0n) is 6.92. The molecule has 0 aliphatic rings. The van der Waals surface area contributed by atoms with Gasteiger partial charge in [0.05, 0.1) is 12.6 Å². The maximum absolute atomic E-state index is 10.9. The fourth-order valence-corrected chi connectivity index (χ4v) is 0.563.